The Morgan fingerprint density at radius 3 is 2.22 bits per heavy atom. The number of phenols is 2. The molecule has 0 aromatic heterocycles. The smallest absolute Gasteiger partial charge is 0.186 e. The van der Waals surface area contributed by atoms with Gasteiger partial charge >= 0.3 is 0 Å². The minimum Gasteiger partial charge on any atom is -0.504 e. The van der Waals surface area contributed by atoms with E-state index >= 15 is 0 Å². The van der Waals surface area contributed by atoms with E-state index in [1.54, 1.807) is 24.3 Å². The van der Waals surface area contributed by atoms with Crippen LogP contribution in [0.4, 0.5) is 0 Å². The maximum atomic E-state index is 10.5. The molecule has 11 nitrogen and oxygen atoms in total. The summed E-state index contributed by atoms with van der Waals surface area (Å²) in [7, 11) is 2.88. The molecular formula is C26H34O11. The first-order chi connectivity index (χ1) is 17.7. The first-order valence-corrected chi connectivity index (χ1v) is 12.0. The molecular weight excluding hydrogens is 488 g/mol. The normalized spacial score (nSPS) is 31.5. The third-order valence-electron chi connectivity index (χ3n) is 7.39. The third kappa shape index (κ3) is 5.21. The van der Waals surface area contributed by atoms with Crippen molar-refractivity contribution < 1.29 is 54.7 Å². The summed E-state index contributed by atoms with van der Waals surface area (Å²) in [5, 5.41) is 71.1. The van der Waals surface area contributed by atoms with Gasteiger partial charge in [-0.05, 0) is 59.2 Å². The number of aliphatic hydroxyl groups is 5. The lowest BCUT2D eigenvalue weighted by atomic mass is 9.67. The molecule has 1 aliphatic carbocycles. The van der Waals surface area contributed by atoms with Gasteiger partial charge in [0.1, 0.15) is 24.4 Å². The molecule has 1 saturated heterocycles. The molecule has 37 heavy (non-hydrogen) atoms. The van der Waals surface area contributed by atoms with E-state index < -0.39 is 49.1 Å². The standard InChI is InChI=1S/C26H34O11/c1-34-19-6-12(3-4-17(19)29)22-15-8-18(30)20(35-2)7-13(15)5-14(16(22)9-27)11-36-26-25(33)24(32)23(31)21(10-28)37-26/h3-4,6-8,14,16,21-33H,5,9-11H2,1-2H3. The number of rotatable bonds is 8. The number of phenolic OH excluding ortho intramolecular Hbond substituents is 2. The predicted molar refractivity (Wildman–Crippen MR) is 129 cm³/mol. The number of ether oxygens (including phenoxy) is 4. The van der Waals surface area contributed by atoms with E-state index in [1.165, 1.54) is 20.3 Å². The largest absolute Gasteiger partial charge is 0.504 e. The lowest BCUT2D eigenvalue weighted by Gasteiger charge is -2.42. The van der Waals surface area contributed by atoms with Crippen molar-refractivity contribution in [1.29, 1.82) is 0 Å². The molecule has 0 spiro atoms. The summed E-state index contributed by atoms with van der Waals surface area (Å²) in [5.74, 6) is -0.704. The van der Waals surface area contributed by atoms with E-state index in [1.807, 2.05) is 0 Å². The Balaban J connectivity index is 1.68. The molecule has 8 unspecified atom stereocenters. The van der Waals surface area contributed by atoms with Crippen molar-refractivity contribution in [3.05, 3.63) is 47.0 Å². The first-order valence-electron chi connectivity index (χ1n) is 12.0. The first kappa shape index (κ1) is 27.4. The number of hydrogen-bond donors (Lipinski definition) is 7. The fourth-order valence-electron chi connectivity index (χ4n) is 5.37. The van der Waals surface area contributed by atoms with E-state index in [-0.39, 0.29) is 42.1 Å². The van der Waals surface area contributed by atoms with Crippen molar-refractivity contribution in [2.75, 3.05) is 34.0 Å². The molecule has 7 N–H and O–H groups in total. The van der Waals surface area contributed by atoms with Crippen LogP contribution >= 0.6 is 0 Å². The van der Waals surface area contributed by atoms with Crippen molar-refractivity contribution in [2.24, 2.45) is 11.8 Å². The average Bonchev–Trinajstić information content (AvgIpc) is 2.90. The number of methoxy groups -OCH3 is 2. The highest BCUT2D eigenvalue weighted by molar-refractivity contribution is 5.53. The Bertz CT molecular complexity index is 1070. The Labute approximate surface area is 214 Å². The van der Waals surface area contributed by atoms with Gasteiger partial charge in [-0.15, -0.1) is 0 Å². The molecule has 204 valence electrons. The van der Waals surface area contributed by atoms with Gasteiger partial charge < -0.3 is 54.7 Å². The van der Waals surface area contributed by atoms with Gasteiger partial charge in [-0.1, -0.05) is 6.07 Å². The minimum absolute atomic E-state index is 0.00225. The zero-order valence-corrected chi connectivity index (χ0v) is 20.6. The van der Waals surface area contributed by atoms with E-state index in [4.69, 9.17) is 18.9 Å². The molecule has 2 aromatic rings. The fourth-order valence-corrected chi connectivity index (χ4v) is 5.37. The monoisotopic (exact) mass is 522 g/mol. The second-order valence-corrected chi connectivity index (χ2v) is 9.47. The average molecular weight is 523 g/mol. The molecule has 0 bridgehead atoms. The number of aliphatic hydroxyl groups excluding tert-OH is 5. The molecule has 1 aliphatic heterocycles. The second-order valence-electron chi connectivity index (χ2n) is 9.47. The molecule has 1 fully saturated rings. The lowest BCUT2D eigenvalue weighted by Crippen LogP contribution is -2.59. The molecule has 0 radical (unpaired) electrons. The van der Waals surface area contributed by atoms with E-state index in [9.17, 15) is 35.7 Å². The molecule has 4 rings (SSSR count). The summed E-state index contributed by atoms with van der Waals surface area (Å²) in [6.07, 6.45) is -6.59. The van der Waals surface area contributed by atoms with E-state index in [0.717, 1.165) is 16.7 Å². The van der Waals surface area contributed by atoms with Crippen LogP contribution in [0.5, 0.6) is 23.0 Å². The van der Waals surface area contributed by atoms with Crippen LogP contribution in [0, 0.1) is 11.8 Å². The zero-order chi connectivity index (χ0) is 26.9. The quantitative estimate of drug-likeness (QED) is 0.245. The van der Waals surface area contributed by atoms with Crippen molar-refractivity contribution in [3.8, 4) is 23.0 Å². The number of fused-ring (bicyclic) bond motifs is 1. The van der Waals surface area contributed by atoms with Crippen LogP contribution in [0.15, 0.2) is 30.3 Å². The van der Waals surface area contributed by atoms with Crippen LogP contribution in [0.3, 0.4) is 0 Å². The summed E-state index contributed by atoms with van der Waals surface area (Å²) < 4.78 is 21.9. The minimum atomic E-state index is -1.57. The fraction of sp³-hybridized carbons (Fsp3) is 0.538. The van der Waals surface area contributed by atoms with Gasteiger partial charge in [0.25, 0.3) is 0 Å². The Morgan fingerprint density at radius 1 is 0.865 bits per heavy atom. The summed E-state index contributed by atoms with van der Waals surface area (Å²) in [5.41, 5.74) is 2.35. The topological polar surface area (TPSA) is 179 Å². The van der Waals surface area contributed by atoms with Gasteiger partial charge in [-0.25, -0.2) is 0 Å². The highest BCUT2D eigenvalue weighted by Crippen LogP contribution is 2.48. The molecule has 1 heterocycles. The number of aromatic hydroxyl groups is 2. The van der Waals surface area contributed by atoms with Gasteiger partial charge in [-0.3, -0.25) is 0 Å². The lowest BCUT2D eigenvalue weighted by molar-refractivity contribution is -0.304. The van der Waals surface area contributed by atoms with Gasteiger partial charge in [0.15, 0.2) is 29.3 Å². The molecule has 8 atom stereocenters. The summed E-state index contributed by atoms with van der Waals surface area (Å²) in [6, 6.07) is 8.23. The maximum absolute atomic E-state index is 10.5. The van der Waals surface area contributed by atoms with Crippen molar-refractivity contribution >= 4 is 0 Å². The van der Waals surface area contributed by atoms with Crippen LogP contribution in [0.2, 0.25) is 0 Å². The van der Waals surface area contributed by atoms with Crippen LogP contribution in [-0.4, -0.2) is 100 Å². The molecule has 2 aromatic carbocycles. The Hall–Kier alpha value is -2.64. The van der Waals surface area contributed by atoms with Crippen LogP contribution in [0.25, 0.3) is 0 Å². The van der Waals surface area contributed by atoms with E-state index in [2.05, 4.69) is 0 Å². The number of hydrogen-bond acceptors (Lipinski definition) is 11. The molecule has 11 heteroatoms. The Kier molecular flexibility index (Phi) is 8.44. The van der Waals surface area contributed by atoms with Gasteiger partial charge in [-0.2, -0.15) is 0 Å². The molecule has 2 aliphatic rings. The highest BCUT2D eigenvalue weighted by Gasteiger charge is 2.45. The summed E-state index contributed by atoms with van der Waals surface area (Å²) >= 11 is 0. The maximum Gasteiger partial charge on any atom is 0.186 e. The van der Waals surface area contributed by atoms with Crippen molar-refractivity contribution in [2.45, 2.75) is 43.0 Å². The highest BCUT2D eigenvalue weighted by atomic mass is 16.7. The Morgan fingerprint density at radius 2 is 1.57 bits per heavy atom. The predicted octanol–water partition coefficient (Wildman–Crippen LogP) is -0.156. The van der Waals surface area contributed by atoms with E-state index in [0.29, 0.717) is 6.42 Å². The summed E-state index contributed by atoms with van der Waals surface area (Å²) in [6.45, 7) is -0.819. The second kappa shape index (κ2) is 11.4. The molecule has 0 amide bonds. The van der Waals surface area contributed by atoms with Gasteiger partial charge in [0.05, 0.1) is 27.4 Å². The zero-order valence-electron chi connectivity index (χ0n) is 20.6. The summed E-state index contributed by atoms with van der Waals surface area (Å²) in [4.78, 5) is 0. The van der Waals surface area contributed by atoms with Crippen molar-refractivity contribution in [3.63, 3.8) is 0 Å². The van der Waals surface area contributed by atoms with Crippen LogP contribution < -0.4 is 9.47 Å². The SMILES string of the molecule is COc1cc(C2c3cc(O)c(OC)cc3CC(COC3OC(CO)C(O)C(O)C3O)C2CO)ccc1O. The molecule has 0 saturated carbocycles. The van der Waals surface area contributed by atoms with Crippen LogP contribution in [-0.2, 0) is 15.9 Å². The van der Waals surface area contributed by atoms with Crippen LogP contribution in [0.1, 0.15) is 22.6 Å². The van der Waals surface area contributed by atoms with Gasteiger partial charge in [0, 0.05) is 12.5 Å². The van der Waals surface area contributed by atoms with Crippen molar-refractivity contribution in [1.82, 2.24) is 0 Å². The number of benzene rings is 2. The third-order valence-corrected chi connectivity index (χ3v) is 7.39. The van der Waals surface area contributed by atoms with Gasteiger partial charge in [0.2, 0.25) is 0 Å².